The molecule has 3 aliphatic rings. The van der Waals surface area contributed by atoms with Gasteiger partial charge in [-0.1, -0.05) is 6.92 Å². The number of rotatable bonds is 8. The number of phenolic OH excluding ortho intramolecular Hbond substituents is 3. The summed E-state index contributed by atoms with van der Waals surface area (Å²) in [5.41, 5.74) is -1.04. The number of benzene rings is 1. The number of carbonyl (C=O) groups is 2. The average Bonchev–Trinajstić information content (AvgIpc) is 3.00. The fourth-order valence-corrected chi connectivity index (χ4v) is 6.00. The monoisotopic (exact) mass is 540 g/mol. The van der Waals surface area contributed by atoms with Crippen molar-refractivity contribution in [3.05, 3.63) is 17.7 Å². The first-order valence-corrected chi connectivity index (χ1v) is 12.7. The molecule has 4 rings (SSSR count). The molecule has 1 aliphatic carbocycles. The van der Waals surface area contributed by atoms with Crippen LogP contribution in [0.4, 0.5) is 0 Å². The van der Waals surface area contributed by atoms with Gasteiger partial charge < -0.3 is 49.6 Å². The van der Waals surface area contributed by atoms with E-state index >= 15 is 0 Å². The van der Waals surface area contributed by atoms with Crippen LogP contribution >= 0.6 is 0 Å². The second-order valence-corrected chi connectivity index (χ2v) is 11.2. The third-order valence-electron chi connectivity index (χ3n) is 8.04. The van der Waals surface area contributed by atoms with E-state index in [2.05, 4.69) is 6.92 Å². The van der Waals surface area contributed by atoms with E-state index in [1.54, 1.807) is 6.92 Å². The van der Waals surface area contributed by atoms with E-state index in [1.165, 1.54) is 0 Å². The van der Waals surface area contributed by atoms with Crippen LogP contribution in [0.1, 0.15) is 56.8 Å². The Hall–Kier alpha value is -2.48. The Bertz CT molecular complexity index is 1020. The quantitative estimate of drug-likeness (QED) is 0.200. The highest BCUT2D eigenvalue weighted by Gasteiger charge is 2.58. The van der Waals surface area contributed by atoms with Crippen LogP contribution < -0.4 is 0 Å². The van der Waals surface area contributed by atoms with Crippen LogP contribution in [0.3, 0.4) is 0 Å². The lowest BCUT2D eigenvalue weighted by atomic mass is 9.61. The average molecular weight is 541 g/mol. The van der Waals surface area contributed by atoms with Gasteiger partial charge in [0.05, 0.1) is 23.9 Å². The molecule has 2 aliphatic heterocycles. The van der Waals surface area contributed by atoms with Gasteiger partial charge in [-0.2, -0.15) is 0 Å². The van der Waals surface area contributed by atoms with E-state index in [1.807, 2.05) is 6.92 Å². The topological polar surface area (TPSA) is 192 Å². The third-order valence-corrected chi connectivity index (χ3v) is 8.04. The van der Waals surface area contributed by atoms with Crippen molar-refractivity contribution in [3.63, 3.8) is 0 Å². The first-order chi connectivity index (χ1) is 17.7. The number of Topliss-reactive ketones (excluding diaryl/α,β-unsaturated/α-hetero) is 1. The van der Waals surface area contributed by atoms with Crippen LogP contribution in [0.5, 0.6) is 17.2 Å². The van der Waals surface area contributed by atoms with Crippen molar-refractivity contribution in [2.24, 2.45) is 11.3 Å². The summed E-state index contributed by atoms with van der Waals surface area (Å²) in [5, 5.41) is 59.7. The van der Waals surface area contributed by atoms with Gasteiger partial charge in [0.25, 0.3) is 0 Å². The highest BCUT2D eigenvalue weighted by atomic mass is 16.7. The number of ether oxygens (including phenoxy) is 4. The maximum Gasteiger partial charge on any atom is 0.338 e. The van der Waals surface area contributed by atoms with E-state index in [9.17, 15) is 40.2 Å². The van der Waals surface area contributed by atoms with Crippen LogP contribution in [0.2, 0.25) is 0 Å². The molecule has 6 N–H and O–H groups in total. The first-order valence-electron chi connectivity index (χ1n) is 12.7. The predicted molar refractivity (Wildman–Crippen MR) is 128 cm³/mol. The summed E-state index contributed by atoms with van der Waals surface area (Å²) in [4.78, 5) is 24.5. The molecule has 9 atom stereocenters. The summed E-state index contributed by atoms with van der Waals surface area (Å²) >= 11 is 0. The number of phenols is 3. The zero-order valence-electron chi connectivity index (χ0n) is 21.6. The molecule has 38 heavy (non-hydrogen) atoms. The molecule has 12 nitrogen and oxygen atoms in total. The van der Waals surface area contributed by atoms with Gasteiger partial charge in [0, 0.05) is 18.3 Å². The van der Waals surface area contributed by atoms with Gasteiger partial charge in [-0.3, -0.25) is 4.79 Å². The maximum atomic E-state index is 12.3. The van der Waals surface area contributed by atoms with Crippen LogP contribution in [0.25, 0.3) is 0 Å². The molecule has 3 fully saturated rings. The molecular weight excluding hydrogens is 504 g/mol. The van der Waals surface area contributed by atoms with Gasteiger partial charge >= 0.3 is 5.97 Å². The Kier molecular flexibility index (Phi) is 7.95. The number of esters is 1. The number of aromatic hydroxyl groups is 3. The number of aliphatic hydroxyl groups excluding tert-OH is 3. The van der Waals surface area contributed by atoms with Gasteiger partial charge in [0.2, 0.25) is 0 Å². The standard InChI is InChI=1S/C26H36O12/c1-12(4-5-18-25(2)8-14(27)9-26(18,3)36-11-25)37-24-22(33)21(32)20(31)17(38-24)10-35-23(34)13-6-15(28)19(30)16(29)7-13/h6-7,12,17-18,20-22,24,28-33H,4-5,8-11H2,1-3H3. The zero-order chi connectivity index (χ0) is 28.0. The molecule has 2 heterocycles. The second-order valence-electron chi connectivity index (χ2n) is 11.2. The Morgan fingerprint density at radius 1 is 1.08 bits per heavy atom. The van der Waals surface area contributed by atoms with Gasteiger partial charge in [-0.25, -0.2) is 4.79 Å². The molecule has 0 radical (unpaired) electrons. The highest BCUT2D eigenvalue weighted by molar-refractivity contribution is 5.91. The Morgan fingerprint density at radius 2 is 1.74 bits per heavy atom. The lowest BCUT2D eigenvalue weighted by Gasteiger charge is -2.42. The third kappa shape index (κ3) is 5.47. The van der Waals surface area contributed by atoms with Crippen molar-refractivity contribution in [1.82, 2.24) is 0 Å². The minimum absolute atomic E-state index is 0.147. The molecule has 0 spiro atoms. The first kappa shape index (κ1) is 28.5. The SMILES string of the molecule is CC(CCC1C2(C)COC1(C)CC(=O)C2)OC1OC(COC(=O)c2cc(O)c(O)c(O)c2)C(O)C(O)C1O. The van der Waals surface area contributed by atoms with Crippen molar-refractivity contribution in [3.8, 4) is 17.2 Å². The van der Waals surface area contributed by atoms with Gasteiger partial charge in [-0.15, -0.1) is 0 Å². The second kappa shape index (κ2) is 10.6. The lowest BCUT2D eigenvalue weighted by molar-refractivity contribution is -0.310. The highest BCUT2D eigenvalue weighted by Crippen LogP contribution is 2.55. The number of aliphatic hydroxyl groups is 3. The number of fused-ring (bicyclic) bond motifs is 2. The Labute approximate surface area is 219 Å². The fourth-order valence-electron chi connectivity index (χ4n) is 6.00. The molecule has 1 aromatic carbocycles. The molecule has 1 saturated carbocycles. The minimum atomic E-state index is -1.64. The van der Waals surface area contributed by atoms with Gasteiger partial charge in [0.15, 0.2) is 23.5 Å². The summed E-state index contributed by atoms with van der Waals surface area (Å²) < 4.78 is 22.6. The van der Waals surface area contributed by atoms with Crippen molar-refractivity contribution in [2.75, 3.05) is 13.2 Å². The number of carbonyl (C=O) groups excluding carboxylic acids is 2. The molecule has 0 aromatic heterocycles. The molecular formula is C26H36O12. The largest absolute Gasteiger partial charge is 0.504 e. The number of ketones is 1. The van der Waals surface area contributed by atoms with Crippen LogP contribution in [-0.4, -0.2) is 98.0 Å². The molecule has 12 heteroatoms. The normalized spacial score (nSPS) is 37.7. The number of hydrogen-bond acceptors (Lipinski definition) is 12. The summed E-state index contributed by atoms with van der Waals surface area (Å²) in [6.07, 6.45) is -5.67. The molecule has 2 bridgehead atoms. The summed E-state index contributed by atoms with van der Waals surface area (Å²) in [5.74, 6) is -2.90. The van der Waals surface area contributed by atoms with E-state index < -0.39 is 72.2 Å². The summed E-state index contributed by atoms with van der Waals surface area (Å²) in [7, 11) is 0. The fraction of sp³-hybridized carbons (Fsp3) is 0.692. The van der Waals surface area contributed by atoms with Gasteiger partial charge in [0.1, 0.15) is 36.8 Å². The van der Waals surface area contributed by atoms with Crippen LogP contribution in [-0.2, 0) is 23.7 Å². The van der Waals surface area contributed by atoms with Crippen molar-refractivity contribution < 1.29 is 59.2 Å². The van der Waals surface area contributed by atoms with Crippen LogP contribution in [0, 0.1) is 11.3 Å². The van der Waals surface area contributed by atoms with Crippen molar-refractivity contribution in [1.29, 1.82) is 0 Å². The van der Waals surface area contributed by atoms with Gasteiger partial charge in [-0.05, 0) is 44.7 Å². The summed E-state index contributed by atoms with van der Waals surface area (Å²) in [6, 6.07) is 1.78. The maximum absolute atomic E-state index is 12.3. The summed E-state index contributed by atoms with van der Waals surface area (Å²) in [6.45, 7) is 5.79. The Morgan fingerprint density at radius 3 is 2.37 bits per heavy atom. The molecule has 212 valence electrons. The van der Waals surface area contributed by atoms with Crippen molar-refractivity contribution in [2.45, 2.75) is 88.9 Å². The molecule has 1 aromatic rings. The number of hydrogen-bond donors (Lipinski definition) is 6. The van der Waals surface area contributed by atoms with E-state index in [-0.39, 0.29) is 22.7 Å². The zero-order valence-corrected chi connectivity index (χ0v) is 21.6. The molecule has 9 unspecified atom stereocenters. The predicted octanol–water partition coefficient (Wildman–Crippen LogP) is 0.727. The van der Waals surface area contributed by atoms with E-state index in [0.717, 1.165) is 12.1 Å². The van der Waals surface area contributed by atoms with E-state index in [0.29, 0.717) is 32.3 Å². The van der Waals surface area contributed by atoms with Crippen LogP contribution in [0.15, 0.2) is 12.1 Å². The molecule has 0 amide bonds. The van der Waals surface area contributed by atoms with Crippen molar-refractivity contribution >= 4 is 11.8 Å². The minimum Gasteiger partial charge on any atom is -0.504 e. The molecule has 2 saturated heterocycles. The van der Waals surface area contributed by atoms with E-state index in [4.69, 9.17) is 18.9 Å². The lowest BCUT2D eigenvalue weighted by Crippen LogP contribution is -2.59. The smallest absolute Gasteiger partial charge is 0.338 e. The Balaban J connectivity index is 1.34.